The highest BCUT2D eigenvalue weighted by molar-refractivity contribution is 8.01. The molecule has 17 heavy (non-hydrogen) atoms. The molecule has 0 radical (unpaired) electrons. The Morgan fingerprint density at radius 3 is 2.47 bits per heavy atom. The smallest absolute Gasteiger partial charge is 0.333 e. The zero-order valence-electron chi connectivity index (χ0n) is 9.50. The summed E-state index contributed by atoms with van der Waals surface area (Å²) in [6.45, 7) is -0.837. The van der Waals surface area contributed by atoms with Gasteiger partial charge in [-0.25, -0.2) is 0 Å². The molecule has 0 spiro atoms. The Bertz CT molecular complexity index is 289. The summed E-state index contributed by atoms with van der Waals surface area (Å²) in [5.74, 6) is -0.320. The second-order valence-corrected chi connectivity index (χ2v) is 6.20. The third kappa shape index (κ3) is 3.53. The molecule has 2 fully saturated rings. The lowest BCUT2D eigenvalue weighted by molar-refractivity contribution is -0.157. The van der Waals surface area contributed by atoms with Gasteiger partial charge in [-0.2, -0.15) is 13.2 Å². The third-order valence-corrected chi connectivity index (χ3v) is 4.90. The van der Waals surface area contributed by atoms with Gasteiger partial charge in [-0.15, -0.1) is 11.8 Å². The molecule has 0 bridgehead atoms. The first-order valence-corrected chi connectivity index (χ1v) is 6.91. The van der Waals surface area contributed by atoms with Crippen molar-refractivity contribution < 1.29 is 18.0 Å². The van der Waals surface area contributed by atoms with Crippen molar-refractivity contribution in [1.82, 2.24) is 4.90 Å². The number of amides is 1. The van der Waals surface area contributed by atoms with Crippen molar-refractivity contribution in [2.24, 2.45) is 0 Å². The maximum atomic E-state index is 12.2. The predicted molar refractivity (Wildman–Crippen MR) is 60.9 cm³/mol. The average Bonchev–Trinajstić information content (AvgIpc) is 2.81. The molecule has 1 atom stereocenters. The van der Waals surface area contributed by atoms with Gasteiger partial charge in [0, 0.05) is 11.8 Å². The SMILES string of the molecule is O=C1C(SC2CCCC2)CCN1CC(F)(F)F. The van der Waals surface area contributed by atoms with Crippen LogP contribution in [0.1, 0.15) is 32.1 Å². The molecule has 1 aliphatic heterocycles. The Labute approximate surface area is 103 Å². The summed E-state index contributed by atoms with van der Waals surface area (Å²) in [5.41, 5.74) is 0. The van der Waals surface area contributed by atoms with Crippen LogP contribution >= 0.6 is 11.8 Å². The van der Waals surface area contributed by atoms with E-state index in [4.69, 9.17) is 0 Å². The number of alkyl halides is 3. The fourth-order valence-corrected chi connectivity index (χ4v) is 4.04. The molecule has 1 saturated carbocycles. The van der Waals surface area contributed by atoms with Crippen LogP contribution in [-0.4, -0.2) is 40.6 Å². The topological polar surface area (TPSA) is 20.3 Å². The molecule has 1 unspecified atom stereocenters. The highest BCUT2D eigenvalue weighted by atomic mass is 32.2. The van der Waals surface area contributed by atoms with Crippen LogP contribution < -0.4 is 0 Å². The number of hydrogen-bond donors (Lipinski definition) is 0. The number of carbonyl (C=O) groups excluding carboxylic acids is 1. The number of rotatable bonds is 3. The van der Waals surface area contributed by atoms with Gasteiger partial charge in [-0.3, -0.25) is 4.79 Å². The first kappa shape index (κ1) is 13.1. The second-order valence-electron chi connectivity index (χ2n) is 4.69. The van der Waals surface area contributed by atoms with E-state index in [0.717, 1.165) is 17.7 Å². The number of carbonyl (C=O) groups is 1. The van der Waals surface area contributed by atoms with Gasteiger partial charge in [0.2, 0.25) is 5.91 Å². The van der Waals surface area contributed by atoms with Crippen LogP contribution in [0, 0.1) is 0 Å². The molecule has 1 amide bonds. The Morgan fingerprint density at radius 1 is 1.24 bits per heavy atom. The summed E-state index contributed by atoms with van der Waals surface area (Å²) in [7, 11) is 0. The van der Waals surface area contributed by atoms with Crippen molar-refractivity contribution in [2.75, 3.05) is 13.1 Å². The summed E-state index contributed by atoms with van der Waals surface area (Å²) in [6, 6.07) is 0. The van der Waals surface area contributed by atoms with E-state index >= 15 is 0 Å². The summed E-state index contributed by atoms with van der Waals surface area (Å²) in [5, 5.41) is 0.246. The van der Waals surface area contributed by atoms with Crippen LogP contribution in [0.2, 0.25) is 0 Å². The predicted octanol–water partition coefficient (Wildman–Crippen LogP) is 2.83. The van der Waals surface area contributed by atoms with E-state index in [9.17, 15) is 18.0 Å². The highest BCUT2D eigenvalue weighted by Gasteiger charge is 2.40. The lowest BCUT2D eigenvalue weighted by Crippen LogP contribution is -2.37. The van der Waals surface area contributed by atoms with Crippen LogP contribution in [0.4, 0.5) is 13.2 Å². The minimum absolute atomic E-state index is 0.236. The molecule has 6 heteroatoms. The molecule has 0 aromatic rings. The van der Waals surface area contributed by atoms with Gasteiger partial charge in [0.25, 0.3) is 0 Å². The van der Waals surface area contributed by atoms with Gasteiger partial charge in [0.1, 0.15) is 6.54 Å². The maximum absolute atomic E-state index is 12.2. The number of nitrogens with zero attached hydrogens (tertiary/aromatic N) is 1. The Hall–Kier alpha value is -0.390. The van der Waals surface area contributed by atoms with Crippen molar-refractivity contribution in [3.05, 3.63) is 0 Å². The Balaban J connectivity index is 1.84. The third-order valence-electron chi connectivity index (χ3n) is 3.28. The summed E-state index contributed by atoms with van der Waals surface area (Å²) < 4.78 is 36.6. The fourth-order valence-electron chi connectivity index (χ4n) is 2.47. The average molecular weight is 267 g/mol. The molecule has 0 aromatic carbocycles. The monoisotopic (exact) mass is 267 g/mol. The molecule has 2 aliphatic rings. The molecule has 0 aromatic heterocycles. The molecular formula is C11H16F3NOS. The number of hydrogen-bond acceptors (Lipinski definition) is 2. The van der Waals surface area contributed by atoms with Gasteiger partial charge < -0.3 is 4.90 Å². The summed E-state index contributed by atoms with van der Waals surface area (Å²) in [4.78, 5) is 12.7. The van der Waals surface area contributed by atoms with Gasteiger partial charge in [0.15, 0.2) is 0 Å². The van der Waals surface area contributed by atoms with Crippen molar-refractivity contribution in [2.45, 2.75) is 48.8 Å². The lowest BCUT2D eigenvalue weighted by atomic mass is 10.3. The van der Waals surface area contributed by atoms with Crippen molar-refractivity contribution in [3.8, 4) is 0 Å². The second kappa shape index (κ2) is 5.08. The fraction of sp³-hybridized carbons (Fsp3) is 0.909. The van der Waals surface area contributed by atoms with Gasteiger partial charge in [-0.1, -0.05) is 12.8 Å². The van der Waals surface area contributed by atoms with Crippen molar-refractivity contribution in [1.29, 1.82) is 0 Å². The Kier molecular flexibility index (Phi) is 3.90. The minimum atomic E-state index is -4.28. The molecule has 1 aliphatic carbocycles. The standard InChI is InChI=1S/C11H16F3NOS/c12-11(13,14)7-15-6-5-9(10(15)16)17-8-3-1-2-4-8/h8-9H,1-7H2. The van der Waals surface area contributed by atoms with Crippen LogP contribution in [0.25, 0.3) is 0 Å². The van der Waals surface area contributed by atoms with Gasteiger partial charge in [0.05, 0.1) is 5.25 Å². The number of likely N-dealkylation sites (tertiary alicyclic amines) is 1. The van der Waals surface area contributed by atoms with Crippen molar-refractivity contribution in [3.63, 3.8) is 0 Å². The highest BCUT2D eigenvalue weighted by Crippen LogP contribution is 2.36. The van der Waals surface area contributed by atoms with Crippen LogP contribution in [0.5, 0.6) is 0 Å². The maximum Gasteiger partial charge on any atom is 0.406 e. The van der Waals surface area contributed by atoms with E-state index in [0.29, 0.717) is 11.7 Å². The largest absolute Gasteiger partial charge is 0.406 e. The number of halogens is 3. The van der Waals surface area contributed by atoms with E-state index in [2.05, 4.69) is 0 Å². The van der Waals surface area contributed by atoms with E-state index in [1.54, 1.807) is 11.8 Å². The van der Waals surface area contributed by atoms with Crippen LogP contribution in [0.3, 0.4) is 0 Å². The van der Waals surface area contributed by atoms with E-state index in [1.165, 1.54) is 12.8 Å². The first-order chi connectivity index (χ1) is 7.96. The van der Waals surface area contributed by atoms with E-state index in [-0.39, 0.29) is 17.7 Å². The van der Waals surface area contributed by atoms with Gasteiger partial charge in [-0.05, 0) is 19.3 Å². The number of thioether (sulfide) groups is 1. The van der Waals surface area contributed by atoms with Crippen LogP contribution in [0.15, 0.2) is 0 Å². The Morgan fingerprint density at radius 2 is 1.88 bits per heavy atom. The van der Waals surface area contributed by atoms with Gasteiger partial charge >= 0.3 is 6.18 Å². The quantitative estimate of drug-likeness (QED) is 0.783. The molecule has 2 nitrogen and oxygen atoms in total. The molecular weight excluding hydrogens is 251 g/mol. The zero-order valence-corrected chi connectivity index (χ0v) is 10.3. The lowest BCUT2D eigenvalue weighted by Gasteiger charge is -2.19. The van der Waals surface area contributed by atoms with Crippen LogP contribution in [-0.2, 0) is 4.79 Å². The summed E-state index contributed by atoms with van der Waals surface area (Å²) >= 11 is 1.59. The van der Waals surface area contributed by atoms with E-state index in [1.807, 2.05) is 0 Å². The molecule has 1 heterocycles. The summed E-state index contributed by atoms with van der Waals surface area (Å²) in [6.07, 6.45) is 0.871. The first-order valence-electron chi connectivity index (χ1n) is 5.97. The molecule has 0 N–H and O–H groups in total. The molecule has 2 rings (SSSR count). The zero-order chi connectivity index (χ0) is 12.5. The normalized spacial score (nSPS) is 27.1. The van der Waals surface area contributed by atoms with E-state index < -0.39 is 12.7 Å². The van der Waals surface area contributed by atoms with Crippen molar-refractivity contribution >= 4 is 17.7 Å². The minimum Gasteiger partial charge on any atom is -0.333 e. The molecule has 98 valence electrons. The molecule has 1 saturated heterocycles.